The molecule has 0 amide bonds. The van der Waals surface area contributed by atoms with Crippen LogP contribution in [0.3, 0.4) is 0 Å². The Hall–Kier alpha value is -4.44. The zero-order chi connectivity index (χ0) is 24.5. The Bertz CT molecular complexity index is 1480. The lowest BCUT2D eigenvalue weighted by Gasteiger charge is -2.29. The molecule has 1 aliphatic rings. The van der Waals surface area contributed by atoms with E-state index >= 15 is 0 Å². The zero-order valence-electron chi connectivity index (χ0n) is 20.2. The van der Waals surface area contributed by atoms with Crippen molar-refractivity contribution in [3.8, 4) is 28.1 Å². The molecule has 10 heteroatoms. The van der Waals surface area contributed by atoms with Gasteiger partial charge in [-0.25, -0.2) is 14.5 Å². The molecule has 0 radical (unpaired) electrons. The molecule has 2 N–H and O–H groups in total. The van der Waals surface area contributed by atoms with Gasteiger partial charge in [0, 0.05) is 56.1 Å². The summed E-state index contributed by atoms with van der Waals surface area (Å²) in [6.07, 6.45) is 7.57. The Morgan fingerprint density at radius 1 is 0.944 bits per heavy atom. The van der Waals surface area contributed by atoms with Crippen LogP contribution in [-0.2, 0) is 7.05 Å². The molecule has 0 spiro atoms. The minimum absolute atomic E-state index is 0.466. The molecule has 5 heterocycles. The summed E-state index contributed by atoms with van der Waals surface area (Å²) in [6, 6.07) is 14.1. The predicted molar refractivity (Wildman–Crippen MR) is 140 cm³/mol. The van der Waals surface area contributed by atoms with Gasteiger partial charge in [-0.15, -0.1) is 5.10 Å². The molecule has 1 aromatic carbocycles. The molecule has 5 aromatic rings. The highest BCUT2D eigenvalue weighted by Gasteiger charge is 2.18. The van der Waals surface area contributed by atoms with Gasteiger partial charge in [0.2, 0.25) is 5.95 Å². The average molecular weight is 482 g/mol. The van der Waals surface area contributed by atoms with Crippen molar-refractivity contribution in [2.75, 3.05) is 43.5 Å². The number of piperazine rings is 1. The minimum atomic E-state index is 0.466. The van der Waals surface area contributed by atoms with Crippen LogP contribution in [0.25, 0.3) is 27.9 Å². The van der Waals surface area contributed by atoms with Crippen molar-refractivity contribution in [3.05, 3.63) is 67.3 Å². The number of aromatic nitrogens is 6. The zero-order valence-corrected chi connectivity index (χ0v) is 20.2. The minimum Gasteiger partial charge on any atom is -0.497 e. The van der Waals surface area contributed by atoms with Gasteiger partial charge in [0.25, 0.3) is 0 Å². The number of aryl methyl sites for hydroxylation is 1. The largest absolute Gasteiger partial charge is 0.497 e. The lowest BCUT2D eigenvalue weighted by Crippen LogP contribution is -2.43. The molecule has 4 aromatic heterocycles. The van der Waals surface area contributed by atoms with E-state index in [4.69, 9.17) is 9.84 Å². The molecule has 6 rings (SSSR count). The Labute approximate surface area is 208 Å². The van der Waals surface area contributed by atoms with Crippen molar-refractivity contribution >= 4 is 23.0 Å². The SMILES string of the molecule is COc1ccc(-c2c(-c3cnn(C)c3)cc3cnc(Nc4ccc(N5CCNCC5)cn4)nn23)cc1. The summed E-state index contributed by atoms with van der Waals surface area (Å²) in [7, 11) is 3.58. The van der Waals surface area contributed by atoms with Crippen molar-refractivity contribution in [2.24, 2.45) is 7.05 Å². The van der Waals surface area contributed by atoms with E-state index < -0.39 is 0 Å². The highest BCUT2D eigenvalue weighted by atomic mass is 16.5. The average Bonchev–Trinajstić information content (AvgIpc) is 3.53. The monoisotopic (exact) mass is 481 g/mol. The number of ether oxygens (including phenoxy) is 1. The normalized spacial score (nSPS) is 13.8. The molecule has 0 saturated carbocycles. The van der Waals surface area contributed by atoms with Crippen LogP contribution >= 0.6 is 0 Å². The molecule has 1 fully saturated rings. The van der Waals surface area contributed by atoms with Crippen molar-refractivity contribution < 1.29 is 4.74 Å². The molecule has 1 aliphatic heterocycles. The van der Waals surface area contributed by atoms with Gasteiger partial charge in [-0.2, -0.15) is 5.10 Å². The van der Waals surface area contributed by atoms with Gasteiger partial charge < -0.3 is 20.3 Å². The number of nitrogens with zero attached hydrogens (tertiary/aromatic N) is 7. The first kappa shape index (κ1) is 22.1. The van der Waals surface area contributed by atoms with Gasteiger partial charge in [-0.3, -0.25) is 4.68 Å². The molecule has 182 valence electrons. The summed E-state index contributed by atoms with van der Waals surface area (Å²) in [5.74, 6) is 1.96. The third-order valence-electron chi connectivity index (χ3n) is 6.37. The van der Waals surface area contributed by atoms with Gasteiger partial charge in [-0.05, 0) is 42.5 Å². The van der Waals surface area contributed by atoms with E-state index in [1.54, 1.807) is 11.8 Å². The molecular formula is C26H27N9O. The predicted octanol–water partition coefficient (Wildman–Crippen LogP) is 3.35. The first-order valence-electron chi connectivity index (χ1n) is 11.9. The summed E-state index contributed by atoms with van der Waals surface area (Å²) >= 11 is 0. The van der Waals surface area contributed by atoms with Crippen LogP contribution in [0.15, 0.2) is 67.3 Å². The Kier molecular flexibility index (Phi) is 5.70. The Morgan fingerprint density at radius 2 is 1.78 bits per heavy atom. The van der Waals surface area contributed by atoms with Gasteiger partial charge in [0.1, 0.15) is 11.6 Å². The Balaban J connectivity index is 1.36. The maximum Gasteiger partial charge on any atom is 0.246 e. The van der Waals surface area contributed by atoms with Crippen LogP contribution in [0, 0.1) is 0 Å². The van der Waals surface area contributed by atoms with Crippen molar-refractivity contribution in [3.63, 3.8) is 0 Å². The van der Waals surface area contributed by atoms with Gasteiger partial charge in [0.15, 0.2) is 0 Å². The van der Waals surface area contributed by atoms with Crippen LogP contribution < -0.4 is 20.3 Å². The number of fused-ring (bicyclic) bond motifs is 1. The summed E-state index contributed by atoms with van der Waals surface area (Å²) in [5, 5.41) is 15.8. The van der Waals surface area contributed by atoms with E-state index in [1.807, 2.05) is 66.7 Å². The second-order valence-electron chi connectivity index (χ2n) is 8.72. The smallest absolute Gasteiger partial charge is 0.246 e. The summed E-state index contributed by atoms with van der Waals surface area (Å²) in [4.78, 5) is 11.5. The number of anilines is 3. The first-order valence-corrected chi connectivity index (χ1v) is 11.9. The fraction of sp³-hybridized carbons (Fsp3) is 0.231. The molecule has 0 bridgehead atoms. The van der Waals surface area contributed by atoms with E-state index in [-0.39, 0.29) is 0 Å². The van der Waals surface area contributed by atoms with E-state index in [0.717, 1.165) is 65.5 Å². The van der Waals surface area contributed by atoms with E-state index in [2.05, 4.69) is 42.7 Å². The van der Waals surface area contributed by atoms with E-state index in [0.29, 0.717) is 11.8 Å². The molecular weight excluding hydrogens is 454 g/mol. The van der Waals surface area contributed by atoms with Crippen molar-refractivity contribution in [1.82, 2.24) is 34.7 Å². The summed E-state index contributed by atoms with van der Waals surface area (Å²) < 4.78 is 9.06. The van der Waals surface area contributed by atoms with Crippen LogP contribution in [0.5, 0.6) is 5.75 Å². The van der Waals surface area contributed by atoms with E-state index in [1.165, 1.54) is 0 Å². The summed E-state index contributed by atoms with van der Waals surface area (Å²) in [5.41, 5.74) is 6.00. The van der Waals surface area contributed by atoms with Crippen molar-refractivity contribution in [2.45, 2.75) is 0 Å². The number of hydrogen-bond donors (Lipinski definition) is 2. The number of benzene rings is 1. The van der Waals surface area contributed by atoms with Crippen LogP contribution in [-0.4, -0.2) is 62.7 Å². The fourth-order valence-corrected chi connectivity index (χ4v) is 4.52. The van der Waals surface area contributed by atoms with Gasteiger partial charge >= 0.3 is 0 Å². The molecule has 36 heavy (non-hydrogen) atoms. The highest BCUT2D eigenvalue weighted by molar-refractivity contribution is 5.86. The number of pyridine rings is 1. The van der Waals surface area contributed by atoms with Crippen molar-refractivity contribution in [1.29, 1.82) is 0 Å². The molecule has 10 nitrogen and oxygen atoms in total. The van der Waals surface area contributed by atoms with Crippen LogP contribution in [0.1, 0.15) is 0 Å². The maximum absolute atomic E-state index is 5.36. The third kappa shape index (κ3) is 4.22. The quantitative estimate of drug-likeness (QED) is 0.381. The maximum atomic E-state index is 5.36. The molecule has 0 unspecified atom stereocenters. The number of methoxy groups -OCH3 is 1. The highest BCUT2D eigenvalue weighted by Crippen LogP contribution is 2.35. The second kappa shape index (κ2) is 9.31. The number of hydrogen-bond acceptors (Lipinski definition) is 8. The fourth-order valence-electron chi connectivity index (χ4n) is 4.52. The van der Waals surface area contributed by atoms with E-state index in [9.17, 15) is 0 Å². The Morgan fingerprint density at radius 3 is 2.47 bits per heavy atom. The molecule has 0 aliphatic carbocycles. The molecule has 1 saturated heterocycles. The van der Waals surface area contributed by atoms with Gasteiger partial charge in [0.05, 0.1) is 42.6 Å². The third-order valence-corrected chi connectivity index (χ3v) is 6.37. The van der Waals surface area contributed by atoms with Crippen LogP contribution in [0.2, 0.25) is 0 Å². The topological polar surface area (TPSA) is 97.4 Å². The number of rotatable bonds is 6. The second-order valence-corrected chi connectivity index (χ2v) is 8.72. The lowest BCUT2D eigenvalue weighted by molar-refractivity contribution is 0.415. The number of nitrogens with one attached hydrogen (secondary N) is 2. The summed E-state index contributed by atoms with van der Waals surface area (Å²) in [6.45, 7) is 3.94. The first-order chi connectivity index (χ1) is 17.7. The molecule has 0 atom stereocenters. The lowest BCUT2D eigenvalue weighted by atomic mass is 10.0. The standard InChI is InChI=1S/C26H27N9O/c1-33-17-19(14-30-33)23-13-21-16-29-26(32-35(21)25(23)18-3-6-22(36-2)7-4-18)31-24-8-5-20(15-28-24)34-11-9-27-10-12-34/h3-8,13-17,27H,9-12H2,1-2H3,(H,28,31,32). The van der Waals surface area contributed by atoms with Crippen LogP contribution in [0.4, 0.5) is 17.5 Å². The van der Waals surface area contributed by atoms with Gasteiger partial charge in [-0.1, -0.05) is 0 Å².